The van der Waals surface area contributed by atoms with E-state index in [1.54, 1.807) is 24.3 Å². The predicted octanol–water partition coefficient (Wildman–Crippen LogP) is 2.88. The molecule has 2 N–H and O–H groups in total. The summed E-state index contributed by atoms with van der Waals surface area (Å²) in [6.07, 6.45) is 3.07. The normalized spacial score (nSPS) is 21.7. The number of carbonyl (C=O) groups is 3. The zero-order valence-corrected chi connectivity index (χ0v) is 18.7. The Morgan fingerprint density at radius 2 is 1.94 bits per heavy atom. The van der Waals surface area contributed by atoms with Gasteiger partial charge in [0.25, 0.3) is 11.6 Å². The second-order valence-corrected chi connectivity index (χ2v) is 8.46. The molecule has 1 heterocycles. The van der Waals surface area contributed by atoms with Crippen molar-refractivity contribution in [3.05, 3.63) is 64.2 Å². The van der Waals surface area contributed by atoms with Crippen molar-refractivity contribution in [1.29, 1.82) is 0 Å². The molecule has 1 saturated heterocycles. The third-order valence-corrected chi connectivity index (χ3v) is 6.34. The number of non-ortho nitro benzene ring substituents is 1. The van der Waals surface area contributed by atoms with E-state index >= 15 is 0 Å². The molecule has 2 aromatic rings. The van der Waals surface area contributed by atoms with Crippen LogP contribution in [0.25, 0.3) is 0 Å². The monoisotopic (exact) mass is 466 g/mol. The maximum absolute atomic E-state index is 13.7. The molecule has 2 aliphatic rings. The average Bonchev–Trinajstić information content (AvgIpc) is 2.84. The van der Waals surface area contributed by atoms with Crippen LogP contribution < -0.4 is 15.4 Å². The van der Waals surface area contributed by atoms with Crippen LogP contribution in [0.3, 0.4) is 0 Å². The van der Waals surface area contributed by atoms with Gasteiger partial charge in [-0.25, -0.2) is 0 Å². The maximum atomic E-state index is 13.7. The quantitative estimate of drug-likeness (QED) is 0.497. The highest BCUT2D eigenvalue weighted by Crippen LogP contribution is 2.32. The Morgan fingerprint density at radius 1 is 1.18 bits per heavy atom. The van der Waals surface area contributed by atoms with Crippen molar-refractivity contribution in [1.82, 2.24) is 10.2 Å². The number of para-hydroxylation sites is 1. The molecule has 4 rings (SSSR count). The predicted molar refractivity (Wildman–Crippen MR) is 123 cm³/mol. The van der Waals surface area contributed by atoms with Crippen LogP contribution in [-0.2, 0) is 9.59 Å². The number of nitrogens with zero attached hydrogens (tertiary/aromatic N) is 2. The topological polar surface area (TPSA) is 131 Å². The second-order valence-electron chi connectivity index (χ2n) is 8.46. The lowest BCUT2D eigenvalue weighted by atomic mass is 9.84. The highest BCUT2D eigenvalue weighted by molar-refractivity contribution is 6.03. The van der Waals surface area contributed by atoms with Gasteiger partial charge in [0.15, 0.2) is 0 Å². The number of ether oxygens (including phenoxy) is 1. The van der Waals surface area contributed by atoms with Gasteiger partial charge in [0.1, 0.15) is 11.8 Å². The Hall–Kier alpha value is -3.95. The first kappa shape index (κ1) is 23.2. The van der Waals surface area contributed by atoms with Gasteiger partial charge in [-0.05, 0) is 31.0 Å². The van der Waals surface area contributed by atoms with Gasteiger partial charge in [0.2, 0.25) is 11.8 Å². The van der Waals surface area contributed by atoms with E-state index in [2.05, 4.69) is 10.6 Å². The molecule has 0 aromatic heterocycles. The molecule has 0 unspecified atom stereocenters. The molecule has 10 nitrogen and oxygen atoms in total. The van der Waals surface area contributed by atoms with Crippen LogP contribution in [0.2, 0.25) is 0 Å². The fraction of sp³-hybridized carbons (Fsp3) is 0.375. The fourth-order valence-corrected chi connectivity index (χ4v) is 4.78. The summed E-state index contributed by atoms with van der Waals surface area (Å²) in [6, 6.07) is 10.9. The molecule has 1 aliphatic heterocycles. The molecule has 178 valence electrons. The van der Waals surface area contributed by atoms with Crippen LogP contribution in [0.4, 0.5) is 11.4 Å². The minimum atomic E-state index is -1.02. The Balaban J connectivity index is 1.61. The molecule has 1 saturated carbocycles. The first-order valence-corrected chi connectivity index (χ1v) is 11.2. The van der Waals surface area contributed by atoms with Crippen molar-refractivity contribution in [3.8, 4) is 5.75 Å². The number of hydrogen-bond donors (Lipinski definition) is 2. The van der Waals surface area contributed by atoms with Gasteiger partial charge >= 0.3 is 0 Å². The van der Waals surface area contributed by atoms with Gasteiger partial charge in [-0.2, -0.15) is 0 Å². The van der Waals surface area contributed by atoms with E-state index in [4.69, 9.17) is 4.74 Å². The van der Waals surface area contributed by atoms with E-state index in [1.807, 2.05) is 0 Å². The molecule has 10 heteroatoms. The zero-order chi connectivity index (χ0) is 24.2. The van der Waals surface area contributed by atoms with Gasteiger partial charge in [-0.15, -0.1) is 0 Å². The van der Waals surface area contributed by atoms with Gasteiger partial charge < -0.3 is 20.3 Å². The molecule has 0 spiro atoms. The smallest absolute Gasteiger partial charge is 0.271 e. The molecule has 0 bridgehead atoms. The van der Waals surface area contributed by atoms with Gasteiger partial charge in [-0.1, -0.05) is 31.0 Å². The minimum absolute atomic E-state index is 0.161. The molecule has 34 heavy (non-hydrogen) atoms. The highest BCUT2D eigenvalue weighted by Gasteiger charge is 2.46. The van der Waals surface area contributed by atoms with E-state index in [-0.39, 0.29) is 41.7 Å². The summed E-state index contributed by atoms with van der Waals surface area (Å²) in [5, 5.41) is 16.6. The number of fused-ring (bicyclic) bond motifs is 1. The molecular formula is C24H26N4O6. The number of amides is 3. The van der Waals surface area contributed by atoms with E-state index in [0.29, 0.717) is 11.3 Å². The van der Waals surface area contributed by atoms with Crippen LogP contribution in [0.5, 0.6) is 5.75 Å². The van der Waals surface area contributed by atoms with E-state index in [1.165, 1.54) is 36.3 Å². The first-order valence-electron chi connectivity index (χ1n) is 11.2. The molecule has 2 aromatic carbocycles. The summed E-state index contributed by atoms with van der Waals surface area (Å²) in [6.45, 7) is 0. The fourth-order valence-electron chi connectivity index (χ4n) is 4.78. The number of methoxy groups -OCH3 is 1. The Kier molecular flexibility index (Phi) is 6.76. The summed E-state index contributed by atoms with van der Waals surface area (Å²) in [5.41, 5.74) is 0.410. The number of piperazine rings is 1. The van der Waals surface area contributed by atoms with Crippen LogP contribution in [0.1, 0.15) is 42.5 Å². The van der Waals surface area contributed by atoms with Gasteiger partial charge in [0, 0.05) is 23.9 Å². The number of carbonyl (C=O) groups excluding carboxylic acids is 3. The maximum Gasteiger partial charge on any atom is 0.271 e. The number of nitro benzene ring substituents is 1. The number of benzene rings is 2. The largest absolute Gasteiger partial charge is 0.496 e. The average molecular weight is 466 g/mol. The highest BCUT2D eigenvalue weighted by atomic mass is 16.6. The summed E-state index contributed by atoms with van der Waals surface area (Å²) >= 11 is 0. The van der Waals surface area contributed by atoms with Crippen molar-refractivity contribution in [2.45, 2.75) is 50.2 Å². The van der Waals surface area contributed by atoms with E-state index in [0.717, 1.165) is 25.7 Å². The van der Waals surface area contributed by atoms with Crippen molar-refractivity contribution in [2.24, 2.45) is 0 Å². The minimum Gasteiger partial charge on any atom is -0.496 e. The summed E-state index contributed by atoms with van der Waals surface area (Å²) in [5.74, 6) is -0.878. The number of nitrogens with one attached hydrogen (secondary N) is 2. The third-order valence-electron chi connectivity index (χ3n) is 6.34. The Labute approximate surface area is 196 Å². The van der Waals surface area contributed by atoms with Crippen LogP contribution in [-0.4, -0.2) is 52.8 Å². The second kappa shape index (κ2) is 9.90. The van der Waals surface area contributed by atoms with Crippen LogP contribution >= 0.6 is 0 Å². The number of hydrogen-bond acceptors (Lipinski definition) is 6. The van der Waals surface area contributed by atoms with Crippen molar-refractivity contribution >= 4 is 29.1 Å². The van der Waals surface area contributed by atoms with Crippen LogP contribution in [0.15, 0.2) is 48.5 Å². The molecule has 2 fully saturated rings. The Bertz CT molecular complexity index is 1120. The number of anilines is 1. The molecular weight excluding hydrogens is 440 g/mol. The lowest BCUT2D eigenvalue weighted by Gasteiger charge is -2.48. The molecule has 1 aliphatic carbocycles. The van der Waals surface area contributed by atoms with Crippen molar-refractivity contribution < 1.29 is 24.0 Å². The van der Waals surface area contributed by atoms with Crippen molar-refractivity contribution in [3.63, 3.8) is 0 Å². The molecule has 3 atom stereocenters. The van der Waals surface area contributed by atoms with E-state index < -0.39 is 16.9 Å². The standard InChI is InChI=1S/C24H26N4O6/c1-34-21-12-5-2-9-17(21)24(31)27-19-11-4-3-10-18(19)26-23(30)20(27)14-22(29)25-15-7-6-8-16(13-15)28(32)33/h2,5-9,12-13,18-20H,3-4,10-11,14H2,1H3,(H,25,29)(H,26,30)/t18-,19-,20+/m0/s1. The summed E-state index contributed by atoms with van der Waals surface area (Å²) < 4.78 is 5.36. The molecule has 3 amide bonds. The van der Waals surface area contributed by atoms with Crippen LogP contribution in [0, 0.1) is 10.1 Å². The van der Waals surface area contributed by atoms with Gasteiger partial charge in [-0.3, -0.25) is 24.5 Å². The lowest BCUT2D eigenvalue weighted by Crippen LogP contribution is -2.68. The first-order chi connectivity index (χ1) is 16.4. The zero-order valence-electron chi connectivity index (χ0n) is 18.7. The van der Waals surface area contributed by atoms with Crippen molar-refractivity contribution in [2.75, 3.05) is 12.4 Å². The lowest BCUT2D eigenvalue weighted by molar-refractivity contribution is -0.384. The van der Waals surface area contributed by atoms with Gasteiger partial charge in [0.05, 0.1) is 30.1 Å². The summed E-state index contributed by atoms with van der Waals surface area (Å²) in [4.78, 5) is 51.7. The SMILES string of the molecule is COc1ccccc1C(=O)N1[C@H](CC(=O)Nc2cccc([N+](=O)[O-])c2)C(=O)N[C@H]2CCCC[C@@H]21. The Morgan fingerprint density at radius 3 is 2.71 bits per heavy atom. The molecule has 0 radical (unpaired) electrons. The van der Waals surface area contributed by atoms with E-state index in [9.17, 15) is 24.5 Å². The third kappa shape index (κ3) is 4.70. The summed E-state index contributed by atoms with van der Waals surface area (Å²) in [7, 11) is 1.47. The number of rotatable bonds is 6. The number of nitro groups is 1.